The van der Waals surface area contributed by atoms with Crippen LogP contribution in [0.25, 0.3) is 0 Å². The first-order valence-corrected chi connectivity index (χ1v) is 14.2. The minimum absolute atomic E-state index is 0.000561. The minimum atomic E-state index is -1.09. The van der Waals surface area contributed by atoms with Crippen molar-refractivity contribution in [3.63, 3.8) is 0 Å². The maximum atomic E-state index is 14.5. The largest absolute Gasteiger partial charge is 0.497 e. The van der Waals surface area contributed by atoms with E-state index in [-0.39, 0.29) is 13.2 Å². The first kappa shape index (κ1) is 30.2. The molecule has 5 aromatic carbocycles. The molecule has 0 fully saturated rings. The maximum Gasteiger partial charge on any atom is 0.411 e. The monoisotopic (exact) mass is 590 g/mol. The first-order valence-electron chi connectivity index (χ1n) is 14.2. The third kappa shape index (κ3) is 6.37. The molecule has 0 unspecified atom stereocenters. The molecule has 224 valence electrons. The minimum Gasteiger partial charge on any atom is -0.497 e. The topological polar surface area (TPSA) is 57.2 Å². The summed E-state index contributed by atoms with van der Waals surface area (Å²) >= 11 is 0. The summed E-state index contributed by atoms with van der Waals surface area (Å²) in [5, 5.41) is 0. The molecule has 0 aliphatic rings. The number of carbonyl (C=O) groups is 1. The molecular weight excluding hydrogens is 556 g/mol. The van der Waals surface area contributed by atoms with Gasteiger partial charge in [0.2, 0.25) is 6.86 Å². The zero-order chi connectivity index (χ0) is 30.8. The number of amides is 1. The van der Waals surface area contributed by atoms with Gasteiger partial charge in [0, 0.05) is 11.6 Å². The van der Waals surface area contributed by atoms with Crippen LogP contribution < -0.4 is 14.2 Å². The van der Waals surface area contributed by atoms with Gasteiger partial charge >= 0.3 is 6.09 Å². The molecule has 6 nitrogen and oxygen atoms in total. The van der Waals surface area contributed by atoms with Gasteiger partial charge in [-0.15, -0.1) is 0 Å². The standard InChI is InChI=1S/C37H34FNO5/c1-41-34-23-20-29(35(24-34)42-2)25-39(36(40)43-26-28-18-21-33(22-19-28)44-27-38)37(30-12-6-3-7-13-30,31-14-8-4-9-15-31)32-16-10-5-11-17-32/h3-24H,25-27H2,1-2H3/i38-1. The van der Waals surface area contributed by atoms with E-state index in [9.17, 15) is 9.18 Å². The predicted molar refractivity (Wildman–Crippen MR) is 168 cm³/mol. The summed E-state index contributed by atoms with van der Waals surface area (Å²) in [5.74, 6) is 1.61. The molecule has 44 heavy (non-hydrogen) atoms. The lowest BCUT2D eigenvalue weighted by molar-refractivity contribution is 0.0643. The van der Waals surface area contributed by atoms with Crippen LogP contribution in [0, 0.1) is 0 Å². The lowest BCUT2D eigenvalue weighted by Crippen LogP contribution is -2.51. The number of rotatable bonds is 12. The zero-order valence-electron chi connectivity index (χ0n) is 24.7. The average Bonchev–Trinajstić information content (AvgIpc) is 3.09. The molecule has 0 N–H and O–H groups in total. The fourth-order valence-corrected chi connectivity index (χ4v) is 5.45. The second-order valence-corrected chi connectivity index (χ2v) is 10.0. The molecule has 5 aromatic rings. The van der Waals surface area contributed by atoms with Crippen LogP contribution >= 0.6 is 0 Å². The molecule has 0 aliphatic heterocycles. The van der Waals surface area contributed by atoms with Gasteiger partial charge in [-0.3, -0.25) is 4.90 Å². The molecule has 1 amide bonds. The number of ether oxygens (including phenoxy) is 4. The lowest BCUT2D eigenvalue weighted by Gasteiger charge is -2.45. The van der Waals surface area contributed by atoms with E-state index in [0.717, 1.165) is 27.8 Å². The Morgan fingerprint density at radius 1 is 0.682 bits per heavy atom. The van der Waals surface area contributed by atoms with E-state index in [2.05, 4.69) is 0 Å². The van der Waals surface area contributed by atoms with Gasteiger partial charge < -0.3 is 18.9 Å². The van der Waals surface area contributed by atoms with E-state index in [1.165, 1.54) is 0 Å². The molecule has 0 saturated heterocycles. The lowest BCUT2D eigenvalue weighted by atomic mass is 9.75. The molecule has 0 radical (unpaired) electrons. The summed E-state index contributed by atoms with van der Waals surface area (Å²) in [7, 11) is 3.19. The number of carbonyl (C=O) groups excluding carboxylic acids is 1. The van der Waals surface area contributed by atoms with E-state index in [1.54, 1.807) is 49.5 Å². The smallest absolute Gasteiger partial charge is 0.411 e. The van der Waals surface area contributed by atoms with Gasteiger partial charge in [-0.2, -0.15) is 0 Å². The SMILES string of the molecule is COc1ccc(CN(C(=O)OCc2ccc(OC[18F])cc2)C(c2ccccc2)(c2ccccc2)c2ccccc2)c(OC)c1. The van der Waals surface area contributed by atoms with Crippen LogP contribution in [-0.2, 0) is 23.4 Å². The molecule has 5 rings (SSSR count). The Kier molecular flexibility index (Phi) is 9.77. The maximum absolute atomic E-state index is 14.5. The van der Waals surface area contributed by atoms with Gasteiger partial charge in [0.15, 0.2) is 0 Å². The molecule has 0 heterocycles. The quantitative estimate of drug-likeness (QED) is 0.137. The van der Waals surface area contributed by atoms with Crippen molar-refractivity contribution in [2.45, 2.75) is 18.7 Å². The van der Waals surface area contributed by atoms with Crippen LogP contribution in [-0.4, -0.2) is 32.1 Å². The molecule has 7 heteroatoms. The van der Waals surface area contributed by atoms with Gasteiger partial charge in [0.1, 0.15) is 29.4 Å². The Labute approximate surface area is 257 Å². The molecular formula is C37H34FNO5. The molecule has 0 spiro atoms. The number of halogens is 1. The third-order valence-corrected chi connectivity index (χ3v) is 7.53. The third-order valence-electron chi connectivity index (χ3n) is 7.53. The van der Waals surface area contributed by atoms with Crippen LogP contribution in [0.3, 0.4) is 0 Å². The van der Waals surface area contributed by atoms with Crippen LogP contribution in [0.4, 0.5) is 9.18 Å². The molecule has 0 atom stereocenters. The summed E-state index contributed by atoms with van der Waals surface area (Å²) in [4.78, 5) is 16.3. The van der Waals surface area contributed by atoms with Crippen molar-refractivity contribution < 1.29 is 28.1 Å². The van der Waals surface area contributed by atoms with E-state index < -0.39 is 18.5 Å². The summed E-state index contributed by atoms with van der Waals surface area (Å²) < 4.78 is 34.8. The number of methoxy groups -OCH3 is 2. The first-order chi connectivity index (χ1) is 21.6. The van der Waals surface area contributed by atoms with Crippen LogP contribution in [0.1, 0.15) is 27.8 Å². The molecule has 0 aromatic heterocycles. The predicted octanol–water partition coefficient (Wildman–Crippen LogP) is 8.14. The summed E-state index contributed by atoms with van der Waals surface area (Å²) in [6, 6.07) is 42.1. The Bertz CT molecular complexity index is 1530. The number of alkyl halides is 1. The van der Waals surface area contributed by atoms with Crippen LogP contribution in [0.15, 0.2) is 133 Å². The fourth-order valence-electron chi connectivity index (χ4n) is 5.45. The van der Waals surface area contributed by atoms with Crippen molar-refractivity contribution in [1.82, 2.24) is 4.90 Å². The Balaban J connectivity index is 1.68. The summed E-state index contributed by atoms with van der Waals surface area (Å²) in [5.41, 5.74) is 3.06. The highest BCUT2D eigenvalue weighted by Gasteiger charge is 2.46. The summed E-state index contributed by atoms with van der Waals surface area (Å²) in [6.45, 7) is -0.772. The van der Waals surface area contributed by atoms with Gasteiger partial charge in [0.25, 0.3) is 0 Å². The van der Waals surface area contributed by atoms with Gasteiger partial charge in [-0.25, -0.2) is 9.18 Å². The fraction of sp³-hybridized carbons (Fsp3) is 0.162. The van der Waals surface area contributed by atoms with Gasteiger partial charge in [-0.05, 0) is 46.5 Å². The van der Waals surface area contributed by atoms with Gasteiger partial charge in [-0.1, -0.05) is 103 Å². The normalized spacial score (nSPS) is 11.0. The molecule has 0 bridgehead atoms. The van der Waals surface area contributed by atoms with Crippen LogP contribution in [0.5, 0.6) is 17.2 Å². The number of hydrogen-bond donors (Lipinski definition) is 0. The molecule has 0 aliphatic carbocycles. The van der Waals surface area contributed by atoms with Crippen molar-refractivity contribution in [2.24, 2.45) is 0 Å². The highest BCUT2D eigenvalue weighted by molar-refractivity contribution is 5.73. The Morgan fingerprint density at radius 3 is 1.68 bits per heavy atom. The Morgan fingerprint density at radius 2 is 1.20 bits per heavy atom. The Hall–Kier alpha value is -5.30. The summed E-state index contributed by atoms with van der Waals surface area (Å²) in [6.07, 6.45) is -0.538. The highest BCUT2D eigenvalue weighted by Crippen LogP contribution is 2.44. The van der Waals surface area contributed by atoms with Crippen molar-refractivity contribution in [2.75, 3.05) is 21.1 Å². The average molecular weight is 591 g/mol. The highest BCUT2D eigenvalue weighted by atomic mass is 18.2. The van der Waals surface area contributed by atoms with E-state index >= 15 is 0 Å². The van der Waals surface area contributed by atoms with Crippen LogP contribution in [0.2, 0.25) is 0 Å². The second kappa shape index (κ2) is 14.2. The van der Waals surface area contributed by atoms with E-state index in [1.807, 2.05) is 103 Å². The second-order valence-electron chi connectivity index (χ2n) is 10.0. The van der Waals surface area contributed by atoms with Crippen molar-refractivity contribution in [3.8, 4) is 17.2 Å². The van der Waals surface area contributed by atoms with Crippen molar-refractivity contribution >= 4 is 6.09 Å². The molecule has 0 saturated carbocycles. The van der Waals surface area contributed by atoms with Gasteiger partial charge in [0.05, 0.1) is 20.8 Å². The van der Waals surface area contributed by atoms with Crippen molar-refractivity contribution in [3.05, 3.63) is 161 Å². The van der Waals surface area contributed by atoms with E-state index in [4.69, 9.17) is 18.9 Å². The number of benzene rings is 5. The van der Waals surface area contributed by atoms with Crippen molar-refractivity contribution in [1.29, 1.82) is 0 Å². The number of nitrogens with zero attached hydrogens (tertiary/aromatic N) is 1. The zero-order valence-corrected chi connectivity index (χ0v) is 24.7. The van der Waals surface area contributed by atoms with E-state index in [0.29, 0.717) is 17.2 Å². The number of hydrogen-bond acceptors (Lipinski definition) is 5.